The van der Waals surface area contributed by atoms with Gasteiger partial charge in [0.25, 0.3) is 0 Å². The molecular weight excluding hydrogens is 275 g/mol. The SMILES string of the molecule is Cn1cc(-c2csc(NCc3ccc(F)cc3)n2)cn1. The van der Waals surface area contributed by atoms with Crippen molar-refractivity contribution >= 4 is 16.5 Å². The van der Waals surface area contributed by atoms with E-state index in [4.69, 9.17) is 0 Å². The van der Waals surface area contributed by atoms with E-state index in [1.807, 2.05) is 18.6 Å². The van der Waals surface area contributed by atoms with Gasteiger partial charge >= 0.3 is 0 Å². The summed E-state index contributed by atoms with van der Waals surface area (Å²) in [6.45, 7) is 0.625. The molecule has 0 unspecified atom stereocenters. The number of rotatable bonds is 4. The Hall–Kier alpha value is -2.21. The molecule has 0 fully saturated rings. The third kappa shape index (κ3) is 2.85. The molecule has 1 aromatic carbocycles. The van der Waals surface area contributed by atoms with E-state index in [2.05, 4.69) is 15.4 Å². The first-order valence-corrected chi connectivity index (χ1v) is 7.01. The van der Waals surface area contributed by atoms with Gasteiger partial charge in [-0.15, -0.1) is 11.3 Å². The molecule has 0 aliphatic heterocycles. The zero-order chi connectivity index (χ0) is 13.9. The van der Waals surface area contributed by atoms with Crippen molar-refractivity contribution < 1.29 is 4.39 Å². The minimum absolute atomic E-state index is 0.220. The van der Waals surface area contributed by atoms with Gasteiger partial charge in [0.15, 0.2) is 5.13 Å². The second kappa shape index (κ2) is 5.42. The third-order valence-electron chi connectivity index (χ3n) is 2.86. The highest BCUT2D eigenvalue weighted by molar-refractivity contribution is 7.14. The fraction of sp³-hybridized carbons (Fsp3) is 0.143. The summed E-state index contributed by atoms with van der Waals surface area (Å²) in [6, 6.07) is 6.44. The predicted octanol–water partition coefficient (Wildman–Crippen LogP) is 3.29. The molecule has 3 rings (SSSR count). The van der Waals surface area contributed by atoms with E-state index in [9.17, 15) is 4.39 Å². The van der Waals surface area contributed by atoms with E-state index in [1.165, 1.54) is 12.1 Å². The Balaban J connectivity index is 1.67. The standard InChI is InChI=1S/C14H13FN4S/c1-19-8-11(7-17-19)13-9-20-14(18-13)16-6-10-2-4-12(15)5-3-10/h2-5,7-9H,6H2,1H3,(H,16,18). The normalized spacial score (nSPS) is 10.7. The van der Waals surface area contributed by atoms with Crippen molar-refractivity contribution in [2.45, 2.75) is 6.54 Å². The Morgan fingerprint density at radius 3 is 2.80 bits per heavy atom. The fourth-order valence-corrected chi connectivity index (χ4v) is 2.54. The van der Waals surface area contributed by atoms with Gasteiger partial charge in [-0.2, -0.15) is 5.10 Å². The molecule has 0 aliphatic carbocycles. The van der Waals surface area contributed by atoms with Gasteiger partial charge in [-0.05, 0) is 17.7 Å². The van der Waals surface area contributed by atoms with Gasteiger partial charge in [-0.3, -0.25) is 4.68 Å². The lowest BCUT2D eigenvalue weighted by Crippen LogP contribution is -1.98. The molecule has 0 amide bonds. The molecule has 0 saturated heterocycles. The number of benzene rings is 1. The molecule has 4 nitrogen and oxygen atoms in total. The average Bonchev–Trinajstić information content (AvgIpc) is 3.07. The highest BCUT2D eigenvalue weighted by Gasteiger charge is 2.06. The molecule has 102 valence electrons. The first-order valence-electron chi connectivity index (χ1n) is 6.13. The number of anilines is 1. The van der Waals surface area contributed by atoms with E-state index >= 15 is 0 Å². The van der Waals surface area contributed by atoms with Crippen molar-refractivity contribution in [3.8, 4) is 11.3 Å². The van der Waals surface area contributed by atoms with E-state index in [-0.39, 0.29) is 5.82 Å². The summed E-state index contributed by atoms with van der Waals surface area (Å²) >= 11 is 1.54. The molecule has 0 bridgehead atoms. The molecule has 2 aromatic heterocycles. The zero-order valence-electron chi connectivity index (χ0n) is 10.9. The van der Waals surface area contributed by atoms with Crippen LogP contribution in [0.2, 0.25) is 0 Å². The van der Waals surface area contributed by atoms with Crippen molar-refractivity contribution in [3.63, 3.8) is 0 Å². The molecule has 6 heteroatoms. The number of aryl methyl sites for hydroxylation is 1. The highest BCUT2D eigenvalue weighted by Crippen LogP contribution is 2.24. The van der Waals surface area contributed by atoms with Crippen LogP contribution in [0.15, 0.2) is 42.0 Å². The Morgan fingerprint density at radius 1 is 1.30 bits per heavy atom. The van der Waals surface area contributed by atoms with Crippen LogP contribution in [0.4, 0.5) is 9.52 Å². The van der Waals surface area contributed by atoms with Crippen LogP contribution >= 0.6 is 11.3 Å². The number of aromatic nitrogens is 3. The minimum Gasteiger partial charge on any atom is -0.357 e. The van der Waals surface area contributed by atoms with E-state index in [1.54, 1.807) is 34.3 Å². The van der Waals surface area contributed by atoms with Crippen LogP contribution < -0.4 is 5.32 Å². The maximum Gasteiger partial charge on any atom is 0.183 e. The van der Waals surface area contributed by atoms with Gasteiger partial charge in [0.1, 0.15) is 5.82 Å². The minimum atomic E-state index is -0.220. The first-order chi connectivity index (χ1) is 9.70. The topological polar surface area (TPSA) is 42.7 Å². The first kappa shape index (κ1) is 12.8. The summed E-state index contributed by atoms with van der Waals surface area (Å²) < 4.78 is 14.6. The lowest BCUT2D eigenvalue weighted by atomic mass is 10.2. The average molecular weight is 288 g/mol. The molecule has 0 atom stereocenters. The highest BCUT2D eigenvalue weighted by atomic mass is 32.1. The van der Waals surface area contributed by atoms with E-state index < -0.39 is 0 Å². The number of nitrogens with one attached hydrogen (secondary N) is 1. The Labute approximate surface area is 119 Å². The van der Waals surface area contributed by atoms with Crippen LogP contribution in [0, 0.1) is 5.82 Å². The number of halogens is 1. The molecular formula is C14H13FN4S. The lowest BCUT2D eigenvalue weighted by molar-refractivity contribution is 0.627. The second-order valence-electron chi connectivity index (χ2n) is 4.42. The molecule has 0 saturated carbocycles. The van der Waals surface area contributed by atoms with Gasteiger partial charge in [-0.1, -0.05) is 12.1 Å². The van der Waals surface area contributed by atoms with Gasteiger partial charge in [0.2, 0.25) is 0 Å². The number of thiazole rings is 1. The summed E-state index contributed by atoms with van der Waals surface area (Å²) in [5.41, 5.74) is 2.92. The van der Waals surface area contributed by atoms with E-state index in [0.29, 0.717) is 6.54 Å². The summed E-state index contributed by atoms with van der Waals surface area (Å²) in [4.78, 5) is 4.51. The summed E-state index contributed by atoms with van der Waals surface area (Å²) in [5, 5.41) is 10.2. The maximum atomic E-state index is 12.8. The largest absolute Gasteiger partial charge is 0.357 e. The lowest BCUT2D eigenvalue weighted by Gasteiger charge is -2.02. The Morgan fingerprint density at radius 2 is 2.10 bits per heavy atom. The number of nitrogens with zero attached hydrogens (tertiary/aromatic N) is 3. The van der Waals surface area contributed by atoms with Gasteiger partial charge < -0.3 is 5.32 Å². The van der Waals surface area contributed by atoms with Crippen molar-refractivity contribution in [2.24, 2.45) is 7.05 Å². The van der Waals surface area contributed by atoms with Crippen LogP contribution in [0.1, 0.15) is 5.56 Å². The fourth-order valence-electron chi connectivity index (χ4n) is 1.82. The van der Waals surface area contributed by atoms with Crippen LogP contribution in [0.25, 0.3) is 11.3 Å². The van der Waals surface area contributed by atoms with Crippen LogP contribution in [0.3, 0.4) is 0 Å². The summed E-state index contributed by atoms with van der Waals surface area (Å²) in [5.74, 6) is -0.220. The maximum absolute atomic E-state index is 12.8. The van der Waals surface area contributed by atoms with Crippen molar-refractivity contribution in [2.75, 3.05) is 5.32 Å². The molecule has 0 radical (unpaired) electrons. The second-order valence-corrected chi connectivity index (χ2v) is 5.28. The quantitative estimate of drug-likeness (QED) is 0.801. The van der Waals surface area contributed by atoms with Crippen molar-refractivity contribution in [1.29, 1.82) is 0 Å². The summed E-state index contributed by atoms with van der Waals surface area (Å²) in [7, 11) is 1.88. The third-order valence-corrected chi connectivity index (χ3v) is 3.66. The molecule has 20 heavy (non-hydrogen) atoms. The van der Waals surface area contributed by atoms with Crippen molar-refractivity contribution in [1.82, 2.24) is 14.8 Å². The smallest absolute Gasteiger partial charge is 0.183 e. The van der Waals surface area contributed by atoms with Gasteiger partial charge in [-0.25, -0.2) is 9.37 Å². The number of hydrogen-bond acceptors (Lipinski definition) is 4. The van der Waals surface area contributed by atoms with Crippen LogP contribution in [-0.4, -0.2) is 14.8 Å². The monoisotopic (exact) mass is 288 g/mol. The zero-order valence-corrected chi connectivity index (χ0v) is 11.7. The van der Waals surface area contributed by atoms with Gasteiger partial charge in [0.05, 0.1) is 11.9 Å². The van der Waals surface area contributed by atoms with Gasteiger partial charge in [0, 0.05) is 30.7 Å². The molecule has 1 N–H and O–H groups in total. The molecule has 3 aromatic rings. The number of hydrogen-bond donors (Lipinski definition) is 1. The van der Waals surface area contributed by atoms with Crippen molar-refractivity contribution in [3.05, 3.63) is 53.4 Å². The molecule has 0 spiro atoms. The van der Waals surface area contributed by atoms with Crippen LogP contribution in [-0.2, 0) is 13.6 Å². The summed E-state index contributed by atoms with van der Waals surface area (Å²) in [6.07, 6.45) is 3.72. The van der Waals surface area contributed by atoms with Crippen LogP contribution in [0.5, 0.6) is 0 Å². The molecule has 0 aliphatic rings. The Bertz CT molecular complexity index is 702. The van der Waals surface area contributed by atoms with E-state index in [0.717, 1.165) is 22.0 Å². The predicted molar refractivity (Wildman–Crippen MR) is 78.0 cm³/mol. The Kier molecular flexibility index (Phi) is 3.47. The molecule has 2 heterocycles.